The van der Waals surface area contributed by atoms with Gasteiger partial charge in [0.2, 0.25) is 5.79 Å². The van der Waals surface area contributed by atoms with Crippen LogP contribution in [-0.4, -0.2) is 0 Å². The molecule has 2 heteroatoms. The van der Waals surface area contributed by atoms with Crippen molar-refractivity contribution in [3.05, 3.63) is 65.2 Å². The number of benzene rings is 2. The molecule has 2 aromatic rings. The Balaban J connectivity index is 1.98. The maximum absolute atomic E-state index is 6.33. The maximum atomic E-state index is 6.33. The van der Waals surface area contributed by atoms with Crippen molar-refractivity contribution >= 4 is 0 Å². The zero-order valence-electron chi connectivity index (χ0n) is 11.1. The molecule has 0 aliphatic carbocycles. The monoisotopic (exact) mass is 252 g/mol. The molecular weight excluding hydrogens is 236 g/mol. The largest absolute Gasteiger partial charge is 0.458 e. The highest BCUT2D eigenvalue weighted by molar-refractivity contribution is 5.46. The van der Waals surface area contributed by atoms with Crippen molar-refractivity contribution < 1.29 is 9.47 Å². The SMILES string of the molecule is CC12Cc3ccccc3C(C)(Oc3ccccc31)O2. The molecule has 0 radical (unpaired) electrons. The van der Waals surface area contributed by atoms with Crippen molar-refractivity contribution in [2.24, 2.45) is 0 Å². The number of ether oxygens (including phenoxy) is 2. The summed E-state index contributed by atoms with van der Waals surface area (Å²) in [6.07, 6.45) is 0.888. The first-order valence-corrected chi connectivity index (χ1v) is 6.68. The van der Waals surface area contributed by atoms with E-state index < -0.39 is 5.79 Å². The Morgan fingerprint density at radius 2 is 1.58 bits per heavy atom. The molecule has 0 N–H and O–H groups in total. The lowest BCUT2D eigenvalue weighted by molar-refractivity contribution is -0.275. The van der Waals surface area contributed by atoms with Gasteiger partial charge in [-0.15, -0.1) is 0 Å². The first-order valence-electron chi connectivity index (χ1n) is 6.68. The van der Waals surface area contributed by atoms with Gasteiger partial charge in [-0.05, 0) is 18.6 Å². The molecule has 2 nitrogen and oxygen atoms in total. The van der Waals surface area contributed by atoms with E-state index in [0.29, 0.717) is 0 Å². The van der Waals surface area contributed by atoms with Gasteiger partial charge in [-0.3, -0.25) is 0 Å². The third-order valence-corrected chi connectivity index (χ3v) is 4.22. The van der Waals surface area contributed by atoms with E-state index in [9.17, 15) is 0 Å². The third-order valence-electron chi connectivity index (χ3n) is 4.22. The Kier molecular flexibility index (Phi) is 1.98. The Bertz CT molecular complexity index is 606. The van der Waals surface area contributed by atoms with Gasteiger partial charge in [0.15, 0.2) is 0 Å². The fourth-order valence-corrected chi connectivity index (χ4v) is 3.43. The molecule has 0 saturated carbocycles. The Morgan fingerprint density at radius 3 is 2.42 bits per heavy atom. The van der Waals surface area contributed by atoms with E-state index in [1.807, 2.05) is 31.2 Å². The molecule has 2 unspecified atom stereocenters. The molecule has 2 aromatic carbocycles. The molecule has 4 rings (SSSR count). The molecule has 2 aliphatic heterocycles. The van der Waals surface area contributed by atoms with Crippen LogP contribution in [-0.2, 0) is 22.5 Å². The highest BCUT2D eigenvalue weighted by Gasteiger charge is 2.50. The molecule has 0 aromatic heterocycles. The van der Waals surface area contributed by atoms with Crippen LogP contribution in [0.25, 0.3) is 0 Å². The lowest BCUT2D eigenvalue weighted by atomic mass is 9.80. The van der Waals surface area contributed by atoms with E-state index >= 15 is 0 Å². The summed E-state index contributed by atoms with van der Waals surface area (Å²) < 4.78 is 12.5. The summed E-state index contributed by atoms with van der Waals surface area (Å²) in [5.74, 6) is 0.256. The quantitative estimate of drug-likeness (QED) is 0.711. The Labute approximate surface area is 113 Å². The second-order valence-electron chi connectivity index (χ2n) is 5.71. The van der Waals surface area contributed by atoms with Crippen LogP contribution in [0.15, 0.2) is 48.5 Å². The van der Waals surface area contributed by atoms with E-state index in [0.717, 1.165) is 23.3 Å². The summed E-state index contributed by atoms with van der Waals surface area (Å²) in [7, 11) is 0. The van der Waals surface area contributed by atoms with Gasteiger partial charge in [0.05, 0.1) is 0 Å². The molecule has 2 atom stereocenters. The van der Waals surface area contributed by atoms with E-state index in [-0.39, 0.29) is 5.60 Å². The zero-order chi connectivity index (χ0) is 13.1. The lowest BCUT2D eigenvalue weighted by Crippen LogP contribution is -2.50. The summed E-state index contributed by atoms with van der Waals surface area (Å²) in [6, 6.07) is 16.6. The minimum absolute atomic E-state index is 0.308. The van der Waals surface area contributed by atoms with Gasteiger partial charge in [0.1, 0.15) is 11.4 Å². The summed E-state index contributed by atoms with van der Waals surface area (Å²) in [6.45, 7) is 4.17. The second-order valence-corrected chi connectivity index (χ2v) is 5.71. The number of hydrogen-bond donors (Lipinski definition) is 0. The van der Waals surface area contributed by atoms with Gasteiger partial charge in [-0.2, -0.15) is 0 Å². The Hall–Kier alpha value is -1.80. The summed E-state index contributed by atoms with van der Waals surface area (Å²) in [4.78, 5) is 0. The van der Waals surface area contributed by atoms with Gasteiger partial charge in [0.25, 0.3) is 0 Å². The minimum Gasteiger partial charge on any atom is -0.458 e. The maximum Gasteiger partial charge on any atom is 0.235 e. The molecule has 2 bridgehead atoms. The molecule has 0 fully saturated rings. The molecule has 0 saturated heterocycles. The van der Waals surface area contributed by atoms with Gasteiger partial charge in [0, 0.05) is 24.5 Å². The van der Waals surface area contributed by atoms with Crippen molar-refractivity contribution in [2.45, 2.75) is 31.7 Å². The first kappa shape index (κ1) is 11.1. The summed E-state index contributed by atoms with van der Waals surface area (Å²) in [5, 5.41) is 0. The number of fused-ring (bicyclic) bond motifs is 6. The van der Waals surface area contributed by atoms with E-state index in [4.69, 9.17) is 9.47 Å². The normalized spacial score (nSPS) is 31.1. The molecule has 96 valence electrons. The predicted molar refractivity (Wildman–Crippen MR) is 73.0 cm³/mol. The average Bonchev–Trinajstić information content (AvgIpc) is 2.38. The zero-order valence-corrected chi connectivity index (χ0v) is 11.1. The fraction of sp³-hybridized carbons (Fsp3) is 0.294. The molecule has 2 heterocycles. The van der Waals surface area contributed by atoms with Gasteiger partial charge in [-0.25, -0.2) is 0 Å². The van der Waals surface area contributed by atoms with Gasteiger partial charge >= 0.3 is 0 Å². The van der Waals surface area contributed by atoms with Crippen molar-refractivity contribution in [1.29, 1.82) is 0 Å². The van der Waals surface area contributed by atoms with Gasteiger partial charge < -0.3 is 9.47 Å². The smallest absolute Gasteiger partial charge is 0.235 e. The minimum atomic E-state index is -0.683. The van der Waals surface area contributed by atoms with E-state index in [1.165, 1.54) is 5.56 Å². The number of rotatable bonds is 0. The number of para-hydroxylation sites is 1. The molecular formula is C17H16O2. The standard InChI is InChI=1S/C17H16O2/c1-16-11-12-7-3-4-8-13(12)17(2,19-16)18-15-10-6-5-9-14(15)16/h3-10H,11H2,1-2H3. The molecule has 19 heavy (non-hydrogen) atoms. The van der Waals surface area contributed by atoms with Crippen LogP contribution in [0.5, 0.6) is 5.75 Å². The lowest BCUT2D eigenvalue weighted by Gasteiger charge is -2.50. The van der Waals surface area contributed by atoms with Crippen LogP contribution >= 0.6 is 0 Å². The van der Waals surface area contributed by atoms with Crippen molar-refractivity contribution in [3.63, 3.8) is 0 Å². The van der Waals surface area contributed by atoms with Crippen LogP contribution in [0.4, 0.5) is 0 Å². The summed E-state index contributed by atoms with van der Waals surface area (Å²) >= 11 is 0. The first-order chi connectivity index (χ1) is 9.11. The van der Waals surface area contributed by atoms with Crippen LogP contribution < -0.4 is 4.74 Å². The number of hydrogen-bond acceptors (Lipinski definition) is 2. The van der Waals surface area contributed by atoms with Crippen LogP contribution in [0.3, 0.4) is 0 Å². The van der Waals surface area contributed by atoms with E-state index in [2.05, 4.69) is 31.2 Å². The highest BCUT2D eigenvalue weighted by Crippen LogP contribution is 2.52. The van der Waals surface area contributed by atoms with Crippen LogP contribution in [0.1, 0.15) is 30.5 Å². The van der Waals surface area contributed by atoms with Crippen molar-refractivity contribution in [1.82, 2.24) is 0 Å². The van der Waals surface area contributed by atoms with Crippen LogP contribution in [0, 0.1) is 0 Å². The molecule has 2 aliphatic rings. The summed E-state index contributed by atoms with van der Waals surface area (Å²) in [5.41, 5.74) is 3.29. The fourth-order valence-electron chi connectivity index (χ4n) is 3.43. The van der Waals surface area contributed by atoms with E-state index in [1.54, 1.807) is 0 Å². The van der Waals surface area contributed by atoms with Crippen molar-refractivity contribution in [3.8, 4) is 5.75 Å². The van der Waals surface area contributed by atoms with Crippen molar-refractivity contribution in [2.75, 3.05) is 0 Å². The molecule has 0 amide bonds. The molecule has 0 spiro atoms. The predicted octanol–water partition coefficient (Wildman–Crippen LogP) is 3.74. The van der Waals surface area contributed by atoms with Crippen LogP contribution in [0.2, 0.25) is 0 Å². The third kappa shape index (κ3) is 1.41. The Morgan fingerprint density at radius 1 is 0.895 bits per heavy atom. The second kappa shape index (κ2) is 3.40. The topological polar surface area (TPSA) is 18.5 Å². The highest BCUT2D eigenvalue weighted by atomic mass is 16.7. The average molecular weight is 252 g/mol. The van der Waals surface area contributed by atoms with Gasteiger partial charge in [-0.1, -0.05) is 42.5 Å².